The van der Waals surface area contributed by atoms with Gasteiger partial charge >= 0.3 is 6.03 Å². The predicted molar refractivity (Wildman–Crippen MR) is 111 cm³/mol. The number of nitrogens with one attached hydrogen (secondary N) is 2. The van der Waals surface area contributed by atoms with E-state index in [0.717, 1.165) is 10.5 Å². The topological polar surface area (TPSA) is 97.0 Å². The van der Waals surface area contributed by atoms with Crippen LogP contribution in [0.3, 0.4) is 0 Å². The second-order valence-electron chi connectivity index (χ2n) is 7.23. The number of aryl methyl sites for hydroxylation is 1. The largest absolute Gasteiger partial charge is 0.491 e. The number of carbonyl (C=O) groups is 3. The zero-order chi connectivity index (χ0) is 21.7. The highest BCUT2D eigenvalue weighted by Crippen LogP contribution is 2.29. The molecule has 8 heteroatoms. The molecule has 30 heavy (non-hydrogen) atoms. The van der Waals surface area contributed by atoms with E-state index >= 15 is 0 Å². The zero-order valence-corrected chi connectivity index (χ0v) is 17.2. The Hall–Kier alpha value is -3.39. The summed E-state index contributed by atoms with van der Waals surface area (Å²) in [6.45, 7) is 4.02. The molecule has 0 bridgehead atoms. The molecule has 0 radical (unpaired) electrons. The van der Waals surface area contributed by atoms with Gasteiger partial charge in [0, 0.05) is 18.9 Å². The molecule has 2 aromatic rings. The highest BCUT2D eigenvalue weighted by atomic mass is 16.5. The van der Waals surface area contributed by atoms with Crippen molar-refractivity contribution in [1.29, 1.82) is 0 Å². The van der Waals surface area contributed by atoms with Crippen LogP contribution in [-0.4, -0.2) is 49.6 Å². The van der Waals surface area contributed by atoms with E-state index in [2.05, 4.69) is 10.6 Å². The molecule has 1 aliphatic heterocycles. The minimum absolute atomic E-state index is 0.383. The molecule has 8 nitrogen and oxygen atoms in total. The number of urea groups is 1. The summed E-state index contributed by atoms with van der Waals surface area (Å²) >= 11 is 0. The number of imide groups is 1. The van der Waals surface area contributed by atoms with Gasteiger partial charge in [-0.2, -0.15) is 0 Å². The number of methoxy groups -OCH3 is 1. The molecule has 3 rings (SSSR count). The van der Waals surface area contributed by atoms with Crippen molar-refractivity contribution >= 4 is 23.5 Å². The van der Waals surface area contributed by atoms with Crippen LogP contribution in [0.25, 0.3) is 0 Å². The molecular weight excluding hydrogens is 386 g/mol. The lowest BCUT2D eigenvalue weighted by Gasteiger charge is -2.22. The molecule has 1 heterocycles. The van der Waals surface area contributed by atoms with E-state index in [1.807, 2.05) is 19.1 Å². The van der Waals surface area contributed by atoms with Gasteiger partial charge in [-0.05, 0) is 31.5 Å². The van der Waals surface area contributed by atoms with Crippen molar-refractivity contribution in [3.05, 3.63) is 59.7 Å². The molecule has 0 spiro atoms. The molecule has 4 amide bonds. The van der Waals surface area contributed by atoms with Crippen LogP contribution in [0, 0.1) is 6.92 Å². The van der Waals surface area contributed by atoms with Crippen molar-refractivity contribution in [3.63, 3.8) is 0 Å². The van der Waals surface area contributed by atoms with Crippen LogP contribution in [-0.2, 0) is 19.9 Å². The standard InChI is InChI=1S/C22H25N3O5/c1-15-7-9-16(10-8-15)22(2)20(27)25(21(28)24-22)14-19(26)23-17-5-4-6-18(13-17)30-12-11-29-3/h4-10,13H,11-12,14H2,1-3H3,(H,23,26)(H,24,28). The Bertz CT molecular complexity index is 944. The average molecular weight is 411 g/mol. The number of rotatable bonds is 8. The van der Waals surface area contributed by atoms with E-state index in [4.69, 9.17) is 9.47 Å². The number of anilines is 1. The van der Waals surface area contributed by atoms with Crippen LogP contribution in [0.15, 0.2) is 48.5 Å². The quantitative estimate of drug-likeness (QED) is 0.514. The van der Waals surface area contributed by atoms with Crippen LogP contribution < -0.4 is 15.4 Å². The summed E-state index contributed by atoms with van der Waals surface area (Å²) in [6.07, 6.45) is 0. The molecule has 1 saturated heterocycles. The van der Waals surface area contributed by atoms with Gasteiger partial charge < -0.3 is 20.1 Å². The Morgan fingerprint density at radius 2 is 1.87 bits per heavy atom. The van der Waals surface area contributed by atoms with Crippen LogP contribution >= 0.6 is 0 Å². The Balaban J connectivity index is 1.65. The fourth-order valence-corrected chi connectivity index (χ4v) is 3.17. The summed E-state index contributed by atoms with van der Waals surface area (Å²) in [7, 11) is 1.58. The van der Waals surface area contributed by atoms with Gasteiger partial charge in [0.1, 0.15) is 24.4 Å². The first-order valence-electron chi connectivity index (χ1n) is 9.56. The number of carbonyl (C=O) groups excluding carboxylic acids is 3. The molecule has 2 N–H and O–H groups in total. The van der Waals surface area contributed by atoms with Crippen molar-refractivity contribution in [2.24, 2.45) is 0 Å². The third-order valence-electron chi connectivity index (χ3n) is 4.88. The summed E-state index contributed by atoms with van der Waals surface area (Å²) in [5, 5.41) is 5.39. The van der Waals surface area contributed by atoms with E-state index in [0.29, 0.717) is 30.2 Å². The van der Waals surface area contributed by atoms with Gasteiger partial charge in [-0.25, -0.2) is 4.79 Å². The molecule has 0 saturated carbocycles. The first kappa shape index (κ1) is 21.3. The molecule has 0 aromatic heterocycles. The van der Waals surface area contributed by atoms with Gasteiger partial charge in [-0.15, -0.1) is 0 Å². The SMILES string of the molecule is COCCOc1cccc(NC(=O)CN2C(=O)NC(C)(c3ccc(C)cc3)C2=O)c1. The maximum atomic E-state index is 12.9. The monoisotopic (exact) mass is 411 g/mol. The normalized spacial score (nSPS) is 18.3. The average Bonchev–Trinajstić information content (AvgIpc) is 2.93. The van der Waals surface area contributed by atoms with Crippen molar-refractivity contribution in [3.8, 4) is 5.75 Å². The van der Waals surface area contributed by atoms with Crippen molar-refractivity contribution in [1.82, 2.24) is 10.2 Å². The van der Waals surface area contributed by atoms with E-state index in [1.165, 1.54) is 0 Å². The number of ether oxygens (including phenoxy) is 2. The molecule has 2 aromatic carbocycles. The Morgan fingerprint density at radius 1 is 1.13 bits per heavy atom. The lowest BCUT2D eigenvalue weighted by Crippen LogP contribution is -2.42. The number of hydrogen-bond donors (Lipinski definition) is 2. The summed E-state index contributed by atoms with van der Waals surface area (Å²) in [4.78, 5) is 38.8. The van der Waals surface area contributed by atoms with E-state index in [9.17, 15) is 14.4 Å². The first-order valence-corrected chi connectivity index (χ1v) is 9.56. The number of nitrogens with zero attached hydrogens (tertiary/aromatic N) is 1. The fraction of sp³-hybridized carbons (Fsp3) is 0.318. The Morgan fingerprint density at radius 3 is 2.57 bits per heavy atom. The van der Waals surface area contributed by atoms with Gasteiger partial charge in [-0.1, -0.05) is 35.9 Å². The van der Waals surface area contributed by atoms with E-state index in [1.54, 1.807) is 50.4 Å². The van der Waals surface area contributed by atoms with Gasteiger partial charge in [-0.3, -0.25) is 14.5 Å². The van der Waals surface area contributed by atoms with E-state index in [-0.39, 0.29) is 6.54 Å². The molecule has 1 unspecified atom stereocenters. The maximum Gasteiger partial charge on any atom is 0.325 e. The summed E-state index contributed by atoms with van der Waals surface area (Å²) in [6, 6.07) is 13.6. The van der Waals surface area contributed by atoms with Crippen LogP contribution in [0.5, 0.6) is 5.75 Å². The first-order chi connectivity index (χ1) is 14.3. The Labute approximate surface area is 175 Å². The van der Waals surface area contributed by atoms with Crippen molar-refractivity contribution in [2.45, 2.75) is 19.4 Å². The molecule has 1 fully saturated rings. The van der Waals surface area contributed by atoms with Gasteiger partial charge in [0.05, 0.1) is 6.61 Å². The third kappa shape index (κ3) is 4.60. The molecular formula is C22H25N3O5. The lowest BCUT2D eigenvalue weighted by atomic mass is 9.91. The van der Waals surface area contributed by atoms with Crippen molar-refractivity contribution < 1.29 is 23.9 Å². The summed E-state index contributed by atoms with van der Waals surface area (Å²) in [5.74, 6) is -0.379. The fourth-order valence-electron chi connectivity index (χ4n) is 3.17. The molecule has 1 aliphatic rings. The molecule has 0 aliphatic carbocycles. The van der Waals surface area contributed by atoms with Crippen LogP contribution in [0.4, 0.5) is 10.5 Å². The minimum atomic E-state index is -1.21. The number of hydrogen-bond acceptors (Lipinski definition) is 5. The predicted octanol–water partition coefficient (Wildman–Crippen LogP) is 2.43. The number of amides is 4. The Kier molecular flexibility index (Phi) is 6.37. The summed E-state index contributed by atoms with van der Waals surface area (Å²) < 4.78 is 10.5. The minimum Gasteiger partial charge on any atom is -0.491 e. The van der Waals surface area contributed by atoms with Gasteiger partial charge in [0.15, 0.2) is 0 Å². The highest BCUT2D eigenvalue weighted by Gasteiger charge is 2.49. The van der Waals surface area contributed by atoms with Crippen LogP contribution in [0.2, 0.25) is 0 Å². The van der Waals surface area contributed by atoms with E-state index < -0.39 is 23.4 Å². The second kappa shape index (κ2) is 8.96. The smallest absolute Gasteiger partial charge is 0.325 e. The summed E-state index contributed by atoms with van der Waals surface area (Å²) in [5.41, 5.74) is 1.00. The third-order valence-corrected chi connectivity index (χ3v) is 4.88. The number of benzene rings is 2. The molecule has 1 atom stereocenters. The maximum absolute atomic E-state index is 12.9. The van der Waals surface area contributed by atoms with Crippen LogP contribution in [0.1, 0.15) is 18.1 Å². The second-order valence-corrected chi connectivity index (χ2v) is 7.23. The van der Waals surface area contributed by atoms with Gasteiger partial charge in [0.25, 0.3) is 5.91 Å². The molecule has 158 valence electrons. The zero-order valence-electron chi connectivity index (χ0n) is 17.2. The highest BCUT2D eigenvalue weighted by molar-refractivity contribution is 6.10. The van der Waals surface area contributed by atoms with Gasteiger partial charge in [0.2, 0.25) is 5.91 Å². The lowest BCUT2D eigenvalue weighted by molar-refractivity contribution is -0.133. The van der Waals surface area contributed by atoms with Crippen molar-refractivity contribution in [2.75, 3.05) is 32.2 Å².